The maximum atomic E-state index is 12.8. The van der Waals surface area contributed by atoms with Crippen LogP contribution in [0.3, 0.4) is 0 Å². The molecule has 2 aliphatic carbocycles. The summed E-state index contributed by atoms with van der Waals surface area (Å²) in [5, 5.41) is 8.14. The number of fused-ring (bicyclic) bond motifs is 1. The number of esters is 1. The molecule has 1 unspecified atom stereocenters. The van der Waals surface area contributed by atoms with Crippen LogP contribution in [0.25, 0.3) is 11.0 Å². The molecule has 122 valence electrons. The number of carbonyl (C=O) groups excluding carboxylic acids is 1. The number of aromatic nitrogens is 3. The highest BCUT2D eigenvalue weighted by Gasteiger charge is 2.39. The third kappa shape index (κ3) is 2.42. The van der Waals surface area contributed by atoms with Crippen molar-refractivity contribution in [1.29, 1.82) is 0 Å². The Morgan fingerprint density at radius 3 is 2.70 bits per heavy atom. The van der Waals surface area contributed by atoms with Gasteiger partial charge in [0.15, 0.2) is 5.65 Å². The van der Waals surface area contributed by atoms with Gasteiger partial charge < -0.3 is 4.74 Å². The number of hydrogen-bond donors (Lipinski definition) is 1. The van der Waals surface area contributed by atoms with Crippen LogP contribution < -0.4 is 0 Å². The van der Waals surface area contributed by atoms with Crippen LogP contribution >= 0.6 is 0 Å². The molecule has 5 nitrogen and oxygen atoms in total. The van der Waals surface area contributed by atoms with Gasteiger partial charge in [0.05, 0.1) is 23.3 Å². The SMILES string of the molecule is CCOC(=O)c1c(C(C)C2CC2)c(C2CC2)nc2n[nH]c(C)c12. The van der Waals surface area contributed by atoms with E-state index >= 15 is 0 Å². The van der Waals surface area contributed by atoms with Crippen LogP contribution in [0.5, 0.6) is 0 Å². The van der Waals surface area contributed by atoms with Gasteiger partial charge in [0.2, 0.25) is 0 Å². The zero-order valence-electron chi connectivity index (χ0n) is 14.0. The van der Waals surface area contributed by atoms with Crippen molar-refractivity contribution in [3.63, 3.8) is 0 Å². The molecule has 2 aromatic heterocycles. The Labute approximate surface area is 135 Å². The largest absolute Gasteiger partial charge is 0.462 e. The molecule has 0 aliphatic heterocycles. The highest BCUT2D eigenvalue weighted by molar-refractivity contribution is 6.05. The van der Waals surface area contributed by atoms with Crippen molar-refractivity contribution in [1.82, 2.24) is 15.2 Å². The lowest BCUT2D eigenvalue weighted by molar-refractivity contribution is 0.0526. The second-order valence-electron chi connectivity index (χ2n) is 6.95. The van der Waals surface area contributed by atoms with Crippen molar-refractivity contribution in [3.8, 4) is 0 Å². The van der Waals surface area contributed by atoms with Crippen molar-refractivity contribution in [3.05, 3.63) is 22.5 Å². The molecule has 0 saturated heterocycles. The molecule has 2 fully saturated rings. The summed E-state index contributed by atoms with van der Waals surface area (Å²) in [6.07, 6.45) is 4.81. The molecule has 23 heavy (non-hydrogen) atoms. The van der Waals surface area contributed by atoms with E-state index < -0.39 is 0 Å². The van der Waals surface area contributed by atoms with E-state index in [0.717, 1.165) is 35.2 Å². The molecule has 2 aliphatic rings. The third-order valence-electron chi connectivity index (χ3n) is 5.18. The van der Waals surface area contributed by atoms with Gasteiger partial charge in [0.25, 0.3) is 0 Å². The number of aryl methyl sites for hydroxylation is 1. The monoisotopic (exact) mass is 313 g/mol. The predicted octanol–water partition coefficient (Wildman–Crippen LogP) is 3.83. The fourth-order valence-electron chi connectivity index (χ4n) is 3.61. The normalized spacial score (nSPS) is 19.1. The van der Waals surface area contributed by atoms with E-state index in [9.17, 15) is 4.79 Å². The summed E-state index contributed by atoms with van der Waals surface area (Å²) >= 11 is 0. The van der Waals surface area contributed by atoms with Crippen LogP contribution in [-0.2, 0) is 4.74 Å². The second-order valence-corrected chi connectivity index (χ2v) is 6.95. The molecule has 0 spiro atoms. The molecule has 1 atom stereocenters. The molecule has 0 amide bonds. The van der Waals surface area contributed by atoms with Gasteiger partial charge in [-0.15, -0.1) is 0 Å². The highest BCUT2D eigenvalue weighted by Crippen LogP contribution is 2.50. The van der Waals surface area contributed by atoms with Crippen molar-refractivity contribution in [2.24, 2.45) is 5.92 Å². The van der Waals surface area contributed by atoms with Crippen molar-refractivity contribution in [2.45, 2.75) is 58.3 Å². The van der Waals surface area contributed by atoms with Crippen molar-refractivity contribution in [2.75, 3.05) is 6.61 Å². The molecule has 5 heteroatoms. The first-order valence-electron chi connectivity index (χ1n) is 8.67. The average Bonchev–Trinajstić information content (AvgIpc) is 3.44. The predicted molar refractivity (Wildman–Crippen MR) is 87.7 cm³/mol. The number of aromatic amines is 1. The molecular weight excluding hydrogens is 290 g/mol. The second kappa shape index (κ2) is 5.32. The van der Waals surface area contributed by atoms with Gasteiger partial charge in [-0.25, -0.2) is 9.78 Å². The minimum absolute atomic E-state index is 0.228. The van der Waals surface area contributed by atoms with Crippen LogP contribution in [0.4, 0.5) is 0 Å². The lowest BCUT2D eigenvalue weighted by Crippen LogP contribution is -2.15. The van der Waals surface area contributed by atoms with Gasteiger partial charge in [0, 0.05) is 11.6 Å². The first-order valence-corrected chi connectivity index (χ1v) is 8.67. The maximum Gasteiger partial charge on any atom is 0.339 e. The summed E-state index contributed by atoms with van der Waals surface area (Å²) in [6.45, 7) is 6.42. The van der Waals surface area contributed by atoms with E-state index in [1.165, 1.54) is 12.8 Å². The number of H-pyrrole nitrogens is 1. The molecule has 2 aromatic rings. The average molecular weight is 313 g/mol. The standard InChI is InChI=1S/C18H23N3O2/c1-4-23-18(22)15-13(9(2)11-5-6-11)16(12-7-8-12)19-17-14(15)10(3)20-21-17/h9,11-12H,4-8H2,1-3H3,(H,19,20,21). The van der Waals surface area contributed by atoms with E-state index in [0.29, 0.717) is 35.6 Å². The number of ether oxygens (including phenoxy) is 1. The Kier molecular flexibility index (Phi) is 3.39. The number of nitrogens with zero attached hydrogens (tertiary/aromatic N) is 2. The van der Waals surface area contributed by atoms with Gasteiger partial charge in [-0.05, 0) is 56.9 Å². The minimum Gasteiger partial charge on any atom is -0.462 e. The van der Waals surface area contributed by atoms with Gasteiger partial charge in [0.1, 0.15) is 0 Å². The molecular formula is C18H23N3O2. The van der Waals surface area contributed by atoms with Gasteiger partial charge in [-0.2, -0.15) is 5.10 Å². The fourth-order valence-corrected chi connectivity index (χ4v) is 3.61. The van der Waals surface area contributed by atoms with Crippen LogP contribution in [-0.4, -0.2) is 27.8 Å². The van der Waals surface area contributed by atoms with Gasteiger partial charge >= 0.3 is 5.97 Å². The summed E-state index contributed by atoms with van der Waals surface area (Å²) < 4.78 is 5.40. The molecule has 1 N–H and O–H groups in total. The van der Waals surface area contributed by atoms with Crippen LogP contribution in [0.1, 0.15) is 78.7 Å². The summed E-state index contributed by atoms with van der Waals surface area (Å²) in [6, 6.07) is 0. The zero-order valence-corrected chi connectivity index (χ0v) is 14.0. The molecule has 0 aromatic carbocycles. The van der Waals surface area contributed by atoms with Crippen LogP contribution in [0.2, 0.25) is 0 Å². The topological polar surface area (TPSA) is 67.9 Å². The third-order valence-corrected chi connectivity index (χ3v) is 5.18. The van der Waals surface area contributed by atoms with E-state index in [1.807, 2.05) is 13.8 Å². The molecule has 0 radical (unpaired) electrons. The summed E-state index contributed by atoms with van der Waals surface area (Å²) in [4.78, 5) is 17.6. The number of hydrogen-bond acceptors (Lipinski definition) is 4. The lowest BCUT2D eigenvalue weighted by atomic mass is 9.87. The lowest BCUT2D eigenvalue weighted by Gasteiger charge is -2.20. The number of carbonyl (C=O) groups is 1. The van der Waals surface area contributed by atoms with Crippen LogP contribution in [0, 0.1) is 12.8 Å². The maximum absolute atomic E-state index is 12.8. The Morgan fingerprint density at radius 2 is 2.09 bits per heavy atom. The zero-order chi connectivity index (χ0) is 16.1. The first kappa shape index (κ1) is 14.7. The molecule has 2 heterocycles. The minimum atomic E-state index is -0.228. The Hall–Kier alpha value is -1.91. The Morgan fingerprint density at radius 1 is 1.35 bits per heavy atom. The van der Waals surface area contributed by atoms with Gasteiger partial charge in [-0.1, -0.05) is 6.92 Å². The van der Waals surface area contributed by atoms with Crippen LogP contribution in [0.15, 0.2) is 0 Å². The summed E-state index contributed by atoms with van der Waals surface area (Å²) in [5.41, 5.74) is 4.47. The number of pyridine rings is 1. The van der Waals surface area contributed by atoms with E-state index in [-0.39, 0.29) is 5.97 Å². The van der Waals surface area contributed by atoms with Crippen molar-refractivity contribution < 1.29 is 9.53 Å². The Balaban J connectivity index is 1.99. The number of rotatable bonds is 5. The fraction of sp³-hybridized carbons (Fsp3) is 0.611. The molecule has 4 rings (SSSR count). The van der Waals surface area contributed by atoms with Crippen molar-refractivity contribution >= 4 is 17.0 Å². The highest BCUT2D eigenvalue weighted by atomic mass is 16.5. The molecule has 2 saturated carbocycles. The Bertz CT molecular complexity index is 772. The summed E-state index contributed by atoms with van der Waals surface area (Å²) in [7, 11) is 0. The first-order chi connectivity index (χ1) is 11.1. The van der Waals surface area contributed by atoms with E-state index in [2.05, 4.69) is 17.1 Å². The molecule has 0 bridgehead atoms. The summed E-state index contributed by atoms with van der Waals surface area (Å²) in [5.74, 6) is 1.29. The van der Waals surface area contributed by atoms with E-state index in [1.54, 1.807) is 0 Å². The number of nitrogens with one attached hydrogen (secondary N) is 1. The quantitative estimate of drug-likeness (QED) is 0.852. The van der Waals surface area contributed by atoms with E-state index in [4.69, 9.17) is 9.72 Å². The van der Waals surface area contributed by atoms with Gasteiger partial charge in [-0.3, -0.25) is 5.10 Å². The smallest absolute Gasteiger partial charge is 0.339 e.